The third-order valence-corrected chi connectivity index (χ3v) is 19.8. The number of nitrogens with zero attached hydrogens (tertiary/aromatic N) is 2. The number of amides is 15. The van der Waals surface area contributed by atoms with Crippen LogP contribution in [-0.4, -0.2) is 275 Å². The number of carboxylic acids is 2. The molecule has 12 atom stereocenters. The molecular weight excluding hydrogens is 1650 g/mol. The maximum absolute atomic E-state index is 14.8. The van der Waals surface area contributed by atoms with E-state index in [0.717, 1.165) is 0 Å². The van der Waals surface area contributed by atoms with Crippen molar-refractivity contribution in [2.24, 2.45) is 56.6 Å². The van der Waals surface area contributed by atoms with Gasteiger partial charge in [0.05, 0.1) is 32.0 Å². The largest absolute Gasteiger partial charge is 0.481 e. The zero-order valence-electron chi connectivity index (χ0n) is 68.8. The van der Waals surface area contributed by atoms with Gasteiger partial charge in [0.15, 0.2) is 5.96 Å². The second-order valence-electron chi connectivity index (χ2n) is 29.0. The molecule has 0 aliphatic carbocycles. The van der Waals surface area contributed by atoms with Crippen LogP contribution in [0.25, 0.3) is 10.9 Å². The number of para-hydroxylation sites is 1. The molecule has 0 aliphatic heterocycles. The smallest absolute Gasteiger partial charge is 0.326 e. The first-order valence-electron chi connectivity index (χ1n) is 40.7. The fourth-order valence-electron chi connectivity index (χ4n) is 12.3. The highest BCUT2D eigenvalue weighted by Gasteiger charge is 2.36. The zero-order valence-corrected chi connectivity index (χ0v) is 70.6. The average molecular weight is 1770 g/mol. The molecule has 123 heavy (non-hydrogen) atoms. The lowest BCUT2D eigenvalue weighted by atomic mass is 10.0. The Balaban J connectivity index is 1.82. The number of aromatic amines is 2. The van der Waals surface area contributed by atoms with Crippen molar-refractivity contribution < 1.29 is 91.7 Å². The van der Waals surface area contributed by atoms with E-state index in [4.69, 9.17) is 51.6 Å². The van der Waals surface area contributed by atoms with Crippen molar-refractivity contribution in [1.29, 1.82) is 0 Å². The van der Waals surface area contributed by atoms with Crippen molar-refractivity contribution in [1.82, 2.24) is 89.4 Å². The molecule has 3 rings (SSSR count). The molecule has 686 valence electrons. The lowest BCUT2D eigenvalue weighted by molar-refractivity contribution is -0.142. The number of unbranched alkanes of at least 4 members (excludes halogenated alkanes) is 5. The van der Waals surface area contributed by atoms with Crippen molar-refractivity contribution in [2.75, 3.05) is 70.4 Å². The van der Waals surface area contributed by atoms with Crippen LogP contribution in [0.3, 0.4) is 0 Å². The van der Waals surface area contributed by atoms with Crippen molar-refractivity contribution in [3.8, 4) is 0 Å². The number of guanidine groups is 1. The van der Waals surface area contributed by atoms with Crippen LogP contribution < -0.4 is 126 Å². The van der Waals surface area contributed by atoms with Crippen LogP contribution in [0.15, 0.2) is 48.0 Å². The number of H-pyrrole nitrogens is 2. The maximum atomic E-state index is 14.8. The van der Waals surface area contributed by atoms with Crippen molar-refractivity contribution in [3.05, 3.63) is 54.2 Å². The number of aromatic nitrogens is 3. The molecule has 0 unspecified atom stereocenters. The topological polar surface area (TPSA) is 790 Å². The Bertz CT molecular complexity index is 3950. The predicted molar refractivity (Wildman–Crippen MR) is 458 cm³/mol. The highest BCUT2D eigenvalue weighted by molar-refractivity contribution is 7.80. The molecule has 2 aromatic heterocycles. The van der Waals surface area contributed by atoms with Gasteiger partial charge in [-0.15, -0.1) is 0 Å². The molecule has 0 saturated carbocycles. The Morgan fingerprint density at radius 1 is 0.398 bits per heavy atom. The zero-order chi connectivity index (χ0) is 91.3. The monoisotopic (exact) mass is 1770 g/mol. The SMILES string of the molecule is NCCCC[C@H](NC(=O)CNC(=O)[C@H](CS)NC(=O)[C@H](CCCCN)NC(=O)[C@H](Cc1c[nH]c2ccccc12)NC(=O)[C@H](CS)NC(=O)[C@H](CCCCN)NC(=O)CNC(=O)[C@H](CCCCN)NC(=O)[C@H](CCCCN)NC(=O)[C@@H](N)CCCN=C(N)N)C(=O)N[C@@H](CCC(=O)O)C(=O)NCC(=O)N[C@@H](Cc1cnc[nH]1)C(=O)N[C@@H](CCC(N)=O)C(=O)O. The number of hydrogen-bond acceptors (Lipinski definition) is 27. The number of nitrogens with one attached hydrogen (secondary N) is 16. The summed E-state index contributed by atoms with van der Waals surface area (Å²) in [6.07, 6.45) is 5.83. The summed E-state index contributed by atoms with van der Waals surface area (Å²) in [4.78, 5) is 244. The number of primary amides is 1. The summed E-state index contributed by atoms with van der Waals surface area (Å²) in [5, 5.41) is 55.0. The van der Waals surface area contributed by atoms with E-state index < -0.39 is 218 Å². The Labute approximate surface area is 721 Å². The number of aliphatic carboxylic acids is 2. The molecule has 0 radical (unpaired) electrons. The molecule has 0 aliphatic rings. The number of thiol groups is 2. The minimum Gasteiger partial charge on any atom is -0.481 e. The summed E-state index contributed by atoms with van der Waals surface area (Å²) in [6, 6.07) is -9.92. The molecular formula is C75H125N27O19S2. The Hall–Kier alpha value is -11.3. The summed E-state index contributed by atoms with van der Waals surface area (Å²) >= 11 is 8.66. The molecule has 3 aromatic rings. The molecule has 0 spiro atoms. The lowest BCUT2D eigenvalue weighted by Crippen LogP contribution is -2.60. The van der Waals surface area contributed by atoms with Gasteiger partial charge in [-0.1, -0.05) is 18.2 Å². The molecule has 0 fully saturated rings. The Morgan fingerprint density at radius 3 is 1.17 bits per heavy atom. The van der Waals surface area contributed by atoms with Crippen LogP contribution in [0, 0.1) is 0 Å². The number of aliphatic imine (C=N–C) groups is 1. The van der Waals surface area contributed by atoms with Gasteiger partial charge in [-0.2, -0.15) is 25.3 Å². The number of carboxylic acid groups (broad SMARTS) is 2. The fourth-order valence-corrected chi connectivity index (χ4v) is 12.8. The normalized spacial score (nSPS) is 14.0. The van der Waals surface area contributed by atoms with Gasteiger partial charge >= 0.3 is 11.9 Å². The second-order valence-corrected chi connectivity index (χ2v) is 29.7. The predicted octanol–water partition coefficient (Wildman–Crippen LogP) is -8.54. The van der Waals surface area contributed by atoms with Gasteiger partial charge in [-0.3, -0.25) is 81.7 Å². The Morgan fingerprint density at radius 2 is 0.756 bits per heavy atom. The summed E-state index contributed by atoms with van der Waals surface area (Å²) < 4.78 is 0. The summed E-state index contributed by atoms with van der Waals surface area (Å²) in [5.41, 5.74) is 52.4. The molecule has 1 aromatic carbocycles. The number of imidazole rings is 1. The van der Waals surface area contributed by atoms with E-state index in [1.165, 1.54) is 12.5 Å². The van der Waals surface area contributed by atoms with Crippen LogP contribution in [-0.2, 0) is 94.3 Å². The first kappa shape index (κ1) is 106. The number of carbonyl (C=O) groups is 17. The van der Waals surface area contributed by atoms with Crippen LogP contribution in [0.4, 0.5) is 0 Å². The van der Waals surface area contributed by atoms with E-state index in [2.05, 4.69) is 120 Å². The van der Waals surface area contributed by atoms with Crippen LogP contribution in [0.2, 0.25) is 0 Å². The average Bonchev–Trinajstić information content (AvgIpc) is 1.69. The van der Waals surface area contributed by atoms with Gasteiger partial charge in [-0.25, -0.2) is 9.78 Å². The number of nitrogens with two attached hydrogens (primary N) is 9. The maximum Gasteiger partial charge on any atom is 0.326 e. The summed E-state index contributed by atoms with van der Waals surface area (Å²) in [7, 11) is 0. The standard InChI is InChI=1S/C75H125N27O19S2/c76-26-8-3-17-47(96-69(115)50(20-6-11-29-79)95-63(109)45(81)15-13-31-86-75(83)84)64(110)88-36-59(104)93-49(19-5-10-28-78)68(114)102-57(40-123)73(119)100-54(32-42-34-87-46-16-2-1-14-44(42)46)71(117)97-51(21-7-12-30-80)70(116)101-56(39-122)66(112)90-37-60(105)92-48(18-4-9-27-77)67(113)98-52(23-25-62(107)108)65(111)89-38-61(106)94-55(33-43-35-85-41-91-43)72(118)99-53(74(120)121)22-24-58(82)103/h1-2,14,16,34-35,41,45,47-57,87,122-123H,3-13,15,17-33,36-40,76-81H2,(H2,82,103)(H,85,91)(H,88,110)(H,89,111)(H,90,112)(H,92,105)(H,93,104)(H,94,106)(H,95,109)(H,96,115)(H,97,117)(H,98,113)(H,99,118)(H,100,119)(H,101,116)(H,102,114)(H,107,108)(H,120,121)(H4,83,84,86)/t45-,47-,48-,49-,50-,51-,52-,53-,54-,55-,56-,57-/m0/s1. The number of fused-ring (bicyclic) bond motifs is 1. The highest BCUT2D eigenvalue weighted by atomic mass is 32.1. The number of rotatable bonds is 65. The van der Waals surface area contributed by atoms with Gasteiger partial charge in [0.25, 0.3) is 0 Å². The molecule has 36 N–H and O–H groups in total. The third kappa shape index (κ3) is 41.9. The Kier molecular flexibility index (Phi) is 51.2. The van der Waals surface area contributed by atoms with Crippen LogP contribution in [0.1, 0.15) is 146 Å². The summed E-state index contributed by atoms with van der Waals surface area (Å²) in [6.45, 7) is -1.12. The van der Waals surface area contributed by atoms with Crippen molar-refractivity contribution >= 4 is 143 Å². The molecule has 48 heteroatoms. The van der Waals surface area contributed by atoms with E-state index in [1.807, 2.05) is 0 Å². The van der Waals surface area contributed by atoms with Gasteiger partial charge < -0.3 is 146 Å². The molecule has 0 bridgehead atoms. The van der Waals surface area contributed by atoms with Crippen LogP contribution >= 0.6 is 25.3 Å². The fraction of sp³-hybridized carbons (Fsp3) is 0.613. The summed E-state index contributed by atoms with van der Waals surface area (Å²) in [5.74, 6) is -17.3. The minimum absolute atomic E-state index is 0.0170. The molecule has 46 nitrogen and oxygen atoms in total. The van der Waals surface area contributed by atoms with Gasteiger partial charge in [0.2, 0.25) is 88.6 Å². The van der Waals surface area contributed by atoms with E-state index in [9.17, 15) is 91.7 Å². The molecule has 0 saturated heterocycles. The van der Waals surface area contributed by atoms with Gasteiger partial charge in [0.1, 0.15) is 66.5 Å². The number of carbonyl (C=O) groups excluding carboxylic acids is 15. The minimum atomic E-state index is -1.67. The van der Waals surface area contributed by atoms with E-state index in [-0.39, 0.29) is 115 Å². The quantitative estimate of drug-likeness (QED) is 0.0108. The van der Waals surface area contributed by atoms with Crippen LogP contribution in [0.5, 0.6) is 0 Å². The molecule has 2 heterocycles. The number of benzene rings is 1. The van der Waals surface area contributed by atoms with Gasteiger partial charge in [0, 0.05) is 72.7 Å². The number of hydrogen-bond donors (Lipinski definition) is 29. The first-order chi connectivity index (χ1) is 58.7. The van der Waals surface area contributed by atoms with E-state index >= 15 is 0 Å². The molecule has 15 amide bonds. The van der Waals surface area contributed by atoms with Crippen molar-refractivity contribution in [3.63, 3.8) is 0 Å². The van der Waals surface area contributed by atoms with E-state index in [0.29, 0.717) is 86.5 Å². The van der Waals surface area contributed by atoms with E-state index in [1.54, 1.807) is 30.5 Å². The lowest BCUT2D eigenvalue weighted by Gasteiger charge is -2.27. The van der Waals surface area contributed by atoms with Gasteiger partial charge in [-0.05, 0) is 166 Å². The van der Waals surface area contributed by atoms with Crippen molar-refractivity contribution in [2.45, 2.75) is 220 Å². The third-order valence-electron chi connectivity index (χ3n) is 19.1. The first-order valence-corrected chi connectivity index (χ1v) is 41.9. The highest BCUT2D eigenvalue weighted by Crippen LogP contribution is 2.20. The second kappa shape index (κ2) is 59.4.